The number of rotatable bonds is 8. The van der Waals surface area contributed by atoms with Gasteiger partial charge in [0.15, 0.2) is 11.7 Å². The fraction of sp³-hybridized carbons (Fsp3) is 0.525. The van der Waals surface area contributed by atoms with Crippen molar-refractivity contribution in [3.8, 4) is 11.1 Å². The van der Waals surface area contributed by atoms with Crippen LogP contribution in [-0.4, -0.2) is 105 Å². The molecule has 12 nitrogen and oxygen atoms in total. The van der Waals surface area contributed by atoms with Crippen LogP contribution in [0.25, 0.3) is 11.1 Å². The molecule has 3 N–H and O–H groups in total. The molecule has 3 aromatic rings. The Morgan fingerprint density at radius 1 is 0.925 bits per heavy atom. The summed E-state index contributed by atoms with van der Waals surface area (Å²) in [6.45, 7) is 10.9. The highest BCUT2D eigenvalue weighted by Crippen LogP contribution is 2.38. The molecule has 0 saturated heterocycles. The Balaban J connectivity index is 1.17. The van der Waals surface area contributed by atoms with Crippen LogP contribution in [0.15, 0.2) is 41.4 Å². The van der Waals surface area contributed by atoms with Crippen molar-refractivity contribution in [3.63, 3.8) is 0 Å². The fourth-order valence-corrected chi connectivity index (χ4v) is 8.40. The number of benzene rings is 2. The monoisotopic (exact) mass is 744 g/mol. The van der Waals surface area contributed by atoms with Gasteiger partial charge in [-0.15, -0.1) is 0 Å². The number of halogens is 1. The van der Waals surface area contributed by atoms with Gasteiger partial charge in [-0.25, -0.2) is 4.98 Å². The summed E-state index contributed by atoms with van der Waals surface area (Å²) in [5, 5.41) is 15.9. The molecule has 3 heterocycles. The Morgan fingerprint density at radius 3 is 2.32 bits per heavy atom. The number of likely N-dealkylation sites (N-methyl/N-ethyl adjacent to an activating group) is 2. The lowest BCUT2D eigenvalue weighted by molar-refractivity contribution is -0.143. The van der Waals surface area contributed by atoms with Crippen molar-refractivity contribution >= 4 is 46.6 Å². The number of nitrogens with one attached hydrogen (secondary N) is 2. The van der Waals surface area contributed by atoms with Gasteiger partial charge in [-0.2, -0.15) is 0 Å². The number of aromatic nitrogens is 2. The number of hydrogen-bond acceptors (Lipinski definition) is 8. The zero-order valence-electron chi connectivity index (χ0n) is 31.8. The van der Waals surface area contributed by atoms with Crippen LogP contribution in [-0.2, 0) is 29.6 Å². The number of carboxylic acid groups (broad SMARTS) is 1. The van der Waals surface area contributed by atoms with Gasteiger partial charge in [-0.05, 0) is 95.6 Å². The maximum absolute atomic E-state index is 14.0. The molecule has 1 aliphatic carbocycles. The normalized spacial score (nSPS) is 22.1. The van der Waals surface area contributed by atoms with Gasteiger partial charge in [0.25, 0.3) is 11.8 Å². The van der Waals surface area contributed by atoms with E-state index < -0.39 is 11.5 Å². The molecule has 6 rings (SSSR count). The molecule has 0 radical (unpaired) electrons. The van der Waals surface area contributed by atoms with Crippen LogP contribution in [0.4, 0.5) is 11.4 Å². The van der Waals surface area contributed by atoms with E-state index in [-0.39, 0.29) is 17.7 Å². The summed E-state index contributed by atoms with van der Waals surface area (Å²) in [5.41, 5.74) is 5.00. The molecule has 1 saturated carbocycles. The minimum Gasteiger partial charge on any atom is -0.481 e. The van der Waals surface area contributed by atoms with Crippen molar-refractivity contribution in [2.45, 2.75) is 71.4 Å². The van der Waals surface area contributed by atoms with Gasteiger partial charge in [0.05, 0.1) is 27.9 Å². The van der Waals surface area contributed by atoms with Crippen molar-refractivity contribution in [2.75, 3.05) is 57.5 Å². The number of aliphatic carboxylic acids is 1. The van der Waals surface area contributed by atoms with Crippen molar-refractivity contribution in [3.05, 3.63) is 64.2 Å². The standard InChI is InChI=1S/C40H53ClN8O4/c1-25-28(29-11-8-13-31(34(29)41)44-37(50)35-42-32-23-46(4)21-18-33(32)48(35)6)10-7-12-30(25)43-38(51)36-45-40(2,3)24-49(20-9-19-47(36)5)22-26-14-16-27(17-15-26)39(52)53/h7-8,10-13,26-27H,9,14-24H2,1-6H3,(H,43,51)(H,44,50)(H,52,53)/b45-36-/t26-,27+. The van der Waals surface area contributed by atoms with E-state index in [2.05, 4.69) is 39.3 Å². The average Bonchev–Trinajstić information content (AvgIpc) is 3.45. The first-order valence-corrected chi connectivity index (χ1v) is 19.1. The zero-order valence-corrected chi connectivity index (χ0v) is 32.6. The third kappa shape index (κ3) is 8.77. The lowest BCUT2D eigenvalue weighted by Gasteiger charge is -2.34. The number of imidazole rings is 1. The van der Waals surface area contributed by atoms with E-state index in [9.17, 15) is 19.5 Å². The van der Waals surface area contributed by atoms with E-state index >= 15 is 0 Å². The highest BCUT2D eigenvalue weighted by atomic mass is 35.5. The van der Waals surface area contributed by atoms with Crippen molar-refractivity contribution < 1.29 is 19.5 Å². The van der Waals surface area contributed by atoms with Crippen LogP contribution >= 0.6 is 11.6 Å². The van der Waals surface area contributed by atoms with Crippen LogP contribution < -0.4 is 10.6 Å². The van der Waals surface area contributed by atoms with Gasteiger partial charge in [-0.3, -0.25) is 19.4 Å². The molecule has 3 aliphatic rings. The average molecular weight is 745 g/mol. The molecule has 2 aromatic carbocycles. The fourth-order valence-electron chi connectivity index (χ4n) is 8.13. The number of carbonyl (C=O) groups excluding carboxylic acids is 2. The molecule has 13 heteroatoms. The van der Waals surface area contributed by atoms with Gasteiger partial charge >= 0.3 is 5.97 Å². The number of carbonyl (C=O) groups is 3. The number of anilines is 2. The van der Waals surface area contributed by atoms with E-state index in [0.717, 1.165) is 86.2 Å². The van der Waals surface area contributed by atoms with Crippen LogP contribution in [0.3, 0.4) is 0 Å². The van der Waals surface area contributed by atoms with E-state index in [4.69, 9.17) is 16.6 Å². The van der Waals surface area contributed by atoms with E-state index in [0.29, 0.717) is 53.6 Å². The molecule has 0 unspecified atom stereocenters. The molecular weight excluding hydrogens is 692 g/mol. The van der Waals surface area contributed by atoms with Crippen molar-refractivity contribution in [1.29, 1.82) is 0 Å². The third-order valence-electron chi connectivity index (χ3n) is 11.0. The molecule has 0 spiro atoms. The van der Waals surface area contributed by atoms with Gasteiger partial charge in [0, 0.05) is 70.2 Å². The molecule has 2 aliphatic heterocycles. The summed E-state index contributed by atoms with van der Waals surface area (Å²) >= 11 is 6.99. The third-order valence-corrected chi connectivity index (χ3v) is 11.4. The number of nitrogens with zero attached hydrogens (tertiary/aromatic N) is 6. The highest BCUT2D eigenvalue weighted by molar-refractivity contribution is 6.42. The minimum atomic E-state index is -0.677. The predicted octanol–water partition coefficient (Wildman–Crippen LogP) is 5.93. The van der Waals surface area contributed by atoms with Crippen LogP contribution in [0.1, 0.15) is 73.5 Å². The topological polar surface area (TPSA) is 135 Å². The summed E-state index contributed by atoms with van der Waals surface area (Å²) < 4.78 is 1.87. The van der Waals surface area contributed by atoms with Gasteiger partial charge in [0.1, 0.15) is 0 Å². The minimum absolute atomic E-state index is 0.220. The molecule has 53 heavy (non-hydrogen) atoms. The number of aliphatic imine (C=N–C) groups is 1. The Morgan fingerprint density at radius 2 is 1.60 bits per heavy atom. The Kier molecular flexibility index (Phi) is 11.6. The lowest BCUT2D eigenvalue weighted by atomic mass is 9.81. The summed E-state index contributed by atoms with van der Waals surface area (Å²) in [6.07, 6.45) is 5.05. The van der Waals surface area contributed by atoms with E-state index in [1.54, 1.807) is 6.07 Å². The molecular formula is C40H53ClN8O4. The second kappa shape index (κ2) is 16.0. The largest absolute Gasteiger partial charge is 0.481 e. The summed E-state index contributed by atoms with van der Waals surface area (Å²) in [5.74, 6) is -0.296. The summed E-state index contributed by atoms with van der Waals surface area (Å²) in [7, 11) is 5.84. The van der Waals surface area contributed by atoms with E-state index in [1.165, 1.54) is 0 Å². The highest BCUT2D eigenvalue weighted by Gasteiger charge is 2.32. The molecule has 284 valence electrons. The number of fused-ring (bicyclic) bond motifs is 1. The molecule has 1 aromatic heterocycles. The second-order valence-corrected chi connectivity index (χ2v) is 16.1. The maximum atomic E-state index is 14.0. The molecule has 2 amide bonds. The zero-order chi connectivity index (χ0) is 38.0. The Hall–Kier alpha value is -4.26. The Bertz CT molecular complexity index is 1900. The Labute approximate surface area is 317 Å². The summed E-state index contributed by atoms with van der Waals surface area (Å²) in [6, 6.07) is 11.3. The first kappa shape index (κ1) is 38.5. The number of hydrogen-bond donors (Lipinski definition) is 3. The maximum Gasteiger partial charge on any atom is 0.306 e. The quantitative estimate of drug-likeness (QED) is 0.258. The summed E-state index contributed by atoms with van der Waals surface area (Å²) in [4.78, 5) is 55.2. The second-order valence-electron chi connectivity index (χ2n) is 15.7. The van der Waals surface area contributed by atoms with Crippen molar-refractivity contribution in [2.24, 2.45) is 23.9 Å². The first-order valence-electron chi connectivity index (χ1n) is 18.7. The van der Waals surface area contributed by atoms with Gasteiger partial charge in [-0.1, -0.05) is 35.9 Å². The molecule has 1 fully saturated rings. The first-order chi connectivity index (χ1) is 25.2. The van der Waals surface area contributed by atoms with Gasteiger partial charge < -0.3 is 35.0 Å². The lowest BCUT2D eigenvalue weighted by Crippen LogP contribution is -2.43. The van der Waals surface area contributed by atoms with Crippen LogP contribution in [0, 0.1) is 18.8 Å². The SMILES string of the molecule is Cc1c(NC(=O)/C2=N/C(C)(C)CN(C[C@H]3CC[C@@H](C(=O)O)CC3)CCCN2C)cccc1-c1cccc(NC(=O)c2nc3c(n2C)CCN(C)C3)c1Cl. The number of carboxylic acids is 1. The number of amides is 2. The number of amidine groups is 1. The smallest absolute Gasteiger partial charge is 0.306 e. The van der Waals surface area contributed by atoms with Crippen molar-refractivity contribution in [1.82, 2.24) is 24.3 Å². The molecule has 0 atom stereocenters. The van der Waals surface area contributed by atoms with Crippen LogP contribution in [0.5, 0.6) is 0 Å². The van der Waals surface area contributed by atoms with E-state index in [1.807, 2.05) is 67.9 Å². The molecule has 0 bridgehead atoms. The predicted molar refractivity (Wildman–Crippen MR) is 210 cm³/mol. The van der Waals surface area contributed by atoms with Crippen LogP contribution in [0.2, 0.25) is 5.02 Å². The van der Waals surface area contributed by atoms with Gasteiger partial charge in [0.2, 0.25) is 0 Å².